The van der Waals surface area contributed by atoms with Gasteiger partial charge in [-0.15, -0.1) is 0 Å². The SMILES string of the molecule is CC.CC(C)(C)C.CC(C)(C)c1cc(CN2CCN(CCOc3ccc(C4c5ccc(O)cc5OC[C@]4(C)c4ccc(O)cc4)cc3)CC2)cc(C(C)(C)C)c1. The molecule has 2 N–H and O–H groups in total. The summed E-state index contributed by atoms with van der Waals surface area (Å²) in [4.78, 5) is 5.10. The van der Waals surface area contributed by atoms with Crippen LogP contribution in [0.25, 0.3) is 0 Å². The highest BCUT2D eigenvalue weighted by Crippen LogP contribution is 2.51. The number of nitrogens with zero attached hydrogens (tertiary/aromatic N) is 2. The van der Waals surface area contributed by atoms with Gasteiger partial charge in [-0.2, -0.15) is 0 Å². The molecule has 0 aliphatic carbocycles. The molecule has 56 heavy (non-hydrogen) atoms. The van der Waals surface area contributed by atoms with E-state index >= 15 is 0 Å². The maximum Gasteiger partial charge on any atom is 0.126 e. The van der Waals surface area contributed by atoms with E-state index in [0.717, 1.165) is 61.7 Å². The van der Waals surface area contributed by atoms with Crippen LogP contribution in [0.1, 0.15) is 129 Å². The molecule has 2 atom stereocenters. The summed E-state index contributed by atoms with van der Waals surface area (Å²) in [6.07, 6.45) is 0. The van der Waals surface area contributed by atoms with Gasteiger partial charge in [0.2, 0.25) is 0 Å². The lowest BCUT2D eigenvalue weighted by atomic mass is 9.65. The van der Waals surface area contributed by atoms with Crippen molar-refractivity contribution in [2.24, 2.45) is 5.41 Å². The van der Waals surface area contributed by atoms with Crippen molar-refractivity contribution in [1.29, 1.82) is 0 Å². The average molecular weight is 765 g/mol. The van der Waals surface area contributed by atoms with Crippen molar-refractivity contribution in [2.75, 3.05) is 45.9 Å². The summed E-state index contributed by atoms with van der Waals surface area (Å²) in [7, 11) is 0. The fraction of sp³-hybridized carbons (Fsp3) is 0.520. The zero-order valence-electron chi connectivity index (χ0n) is 36.9. The third-order valence-electron chi connectivity index (χ3n) is 10.5. The van der Waals surface area contributed by atoms with Crippen LogP contribution < -0.4 is 9.47 Å². The third-order valence-corrected chi connectivity index (χ3v) is 10.5. The van der Waals surface area contributed by atoms with Crippen LogP contribution in [0.4, 0.5) is 0 Å². The lowest BCUT2D eigenvalue weighted by Crippen LogP contribution is -2.47. The van der Waals surface area contributed by atoms with Crippen molar-refractivity contribution in [3.63, 3.8) is 0 Å². The van der Waals surface area contributed by atoms with Crippen molar-refractivity contribution in [2.45, 2.75) is 119 Å². The summed E-state index contributed by atoms with van der Waals surface area (Å²) in [6, 6.07) is 28.5. The van der Waals surface area contributed by atoms with Crippen LogP contribution in [-0.4, -0.2) is 66.0 Å². The number of phenols is 2. The summed E-state index contributed by atoms with van der Waals surface area (Å²) < 4.78 is 12.5. The zero-order valence-corrected chi connectivity index (χ0v) is 36.9. The monoisotopic (exact) mass is 765 g/mol. The molecular formula is C50H72N2O4. The van der Waals surface area contributed by atoms with Crippen LogP contribution in [0.3, 0.4) is 0 Å². The first-order valence-electron chi connectivity index (χ1n) is 20.8. The topological polar surface area (TPSA) is 65.4 Å². The molecule has 1 unspecified atom stereocenters. The van der Waals surface area contributed by atoms with Gasteiger partial charge in [-0.1, -0.05) is 139 Å². The molecule has 306 valence electrons. The average Bonchev–Trinajstić information content (AvgIpc) is 3.12. The van der Waals surface area contributed by atoms with Gasteiger partial charge in [0, 0.05) is 62.2 Å². The molecular weight excluding hydrogens is 693 g/mol. The van der Waals surface area contributed by atoms with Crippen molar-refractivity contribution in [3.05, 3.63) is 118 Å². The van der Waals surface area contributed by atoms with Crippen molar-refractivity contribution in [3.8, 4) is 23.0 Å². The fourth-order valence-corrected chi connectivity index (χ4v) is 7.31. The number of ether oxygens (including phenoxy) is 2. The molecule has 1 saturated heterocycles. The quantitative estimate of drug-likeness (QED) is 0.186. The maximum atomic E-state index is 10.1. The minimum absolute atomic E-state index is 0.0114. The molecule has 0 aromatic heterocycles. The lowest BCUT2D eigenvalue weighted by Gasteiger charge is -2.43. The Hall–Kier alpha value is -4.00. The van der Waals surface area contributed by atoms with Gasteiger partial charge in [0.1, 0.15) is 29.6 Å². The van der Waals surface area contributed by atoms with Crippen LogP contribution in [0.5, 0.6) is 23.0 Å². The Morgan fingerprint density at radius 3 is 1.73 bits per heavy atom. The van der Waals surface area contributed by atoms with Gasteiger partial charge >= 0.3 is 0 Å². The van der Waals surface area contributed by atoms with Gasteiger partial charge in [-0.25, -0.2) is 0 Å². The summed E-state index contributed by atoms with van der Waals surface area (Å²) >= 11 is 0. The van der Waals surface area contributed by atoms with Crippen molar-refractivity contribution in [1.82, 2.24) is 9.80 Å². The van der Waals surface area contributed by atoms with Gasteiger partial charge in [0.05, 0.1) is 6.61 Å². The molecule has 0 bridgehead atoms. The van der Waals surface area contributed by atoms with Crippen molar-refractivity contribution < 1.29 is 19.7 Å². The Morgan fingerprint density at radius 2 is 1.20 bits per heavy atom. The van der Waals surface area contributed by atoms with Gasteiger partial charge in [-0.3, -0.25) is 9.80 Å². The number of rotatable bonds is 8. The van der Waals surface area contributed by atoms with Crippen LogP contribution in [0.2, 0.25) is 0 Å². The number of aromatic hydroxyl groups is 2. The molecule has 0 spiro atoms. The van der Waals surface area contributed by atoms with Gasteiger partial charge in [-0.05, 0) is 74.4 Å². The molecule has 0 amide bonds. The second kappa shape index (κ2) is 18.5. The van der Waals surface area contributed by atoms with Gasteiger partial charge < -0.3 is 19.7 Å². The number of hydrogen-bond donors (Lipinski definition) is 2. The molecule has 6 heteroatoms. The molecule has 4 aromatic rings. The van der Waals surface area contributed by atoms with E-state index in [0.29, 0.717) is 24.4 Å². The normalized spacial score (nSPS) is 19.1. The third kappa shape index (κ3) is 12.2. The number of piperazine rings is 1. The number of phenolic OH excluding ortho intramolecular Hbond substituents is 2. The predicted molar refractivity (Wildman–Crippen MR) is 235 cm³/mol. The van der Waals surface area contributed by atoms with E-state index in [1.165, 1.54) is 16.7 Å². The van der Waals surface area contributed by atoms with Gasteiger partial charge in [0.25, 0.3) is 0 Å². The second-order valence-corrected chi connectivity index (χ2v) is 19.4. The Kier molecular flexibility index (Phi) is 14.8. The van der Waals surface area contributed by atoms with E-state index in [-0.39, 0.29) is 33.7 Å². The first-order valence-corrected chi connectivity index (χ1v) is 20.8. The van der Waals surface area contributed by atoms with Crippen LogP contribution in [0.15, 0.2) is 84.9 Å². The first kappa shape index (κ1) is 44.7. The minimum atomic E-state index is -0.382. The second-order valence-electron chi connectivity index (χ2n) is 19.4. The number of hydrogen-bond acceptors (Lipinski definition) is 6. The lowest BCUT2D eigenvalue weighted by molar-refractivity contribution is 0.112. The van der Waals surface area contributed by atoms with E-state index in [1.807, 2.05) is 32.0 Å². The smallest absolute Gasteiger partial charge is 0.126 e. The molecule has 1 fully saturated rings. The molecule has 4 aromatic carbocycles. The Bertz CT molecular complexity index is 1780. The molecule has 2 aliphatic rings. The highest BCUT2D eigenvalue weighted by Gasteiger charge is 2.43. The van der Waals surface area contributed by atoms with E-state index in [4.69, 9.17) is 9.47 Å². The highest BCUT2D eigenvalue weighted by atomic mass is 16.5. The molecule has 0 saturated carbocycles. The van der Waals surface area contributed by atoms with Crippen LogP contribution in [0, 0.1) is 5.41 Å². The Morgan fingerprint density at radius 1 is 0.679 bits per heavy atom. The molecule has 0 radical (unpaired) electrons. The molecule has 2 heterocycles. The van der Waals surface area contributed by atoms with Crippen LogP contribution in [-0.2, 0) is 22.8 Å². The standard InChI is InChI=1S/C43H54N2O4.C5H12.C2H6/c1-41(2,3)33-24-30(25-34(26-33)42(4,5)6)28-45-20-18-44(19-21-45)22-23-48-37-15-8-31(9-16-37)40-38-17-14-36(47)27-39(38)49-29-43(40,7)32-10-12-35(46)13-11-32;1-5(2,3)4;1-2/h8-17,24-27,40,46-47H,18-23,28-29H2,1-7H3;1-4H3;1-2H3/t40?,43-;;/m1../s1. The summed E-state index contributed by atoms with van der Waals surface area (Å²) in [6.45, 7) is 36.0. The maximum absolute atomic E-state index is 10.1. The Balaban J connectivity index is 0.000000922. The van der Waals surface area contributed by atoms with E-state index < -0.39 is 0 Å². The Labute approximate surface area is 339 Å². The molecule has 6 nitrogen and oxygen atoms in total. The first-order chi connectivity index (χ1) is 26.2. The van der Waals surface area contributed by atoms with E-state index in [2.05, 4.69) is 128 Å². The van der Waals surface area contributed by atoms with E-state index in [9.17, 15) is 10.2 Å². The van der Waals surface area contributed by atoms with Gasteiger partial charge in [0.15, 0.2) is 0 Å². The summed E-state index contributed by atoms with van der Waals surface area (Å²) in [5.74, 6) is 1.99. The minimum Gasteiger partial charge on any atom is -0.508 e. The number of benzene rings is 4. The zero-order chi connectivity index (χ0) is 41.5. The predicted octanol–water partition coefficient (Wildman–Crippen LogP) is 11.5. The van der Waals surface area contributed by atoms with Crippen molar-refractivity contribution >= 4 is 0 Å². The number of fused-ring (bicyclic) bond motifs is 1. The summed E-state index contributed by atoms with van der Waals surface area (Å²) in [5.41, 5.74) is 7.90. The van der Waals surface area contributed by atoms with E-state index in [1.54, 1.807) is 24.3 Å². The summed E-state index contributed by atoms with van der Waals surface area (Å²) in [5, 5.41) is 20.1. The molecule has 2 aliphatic heterocycles. The van der Waals surface area contributed by atoms with Crippen LogP contribution >= 0.6 is 0 Å². The highest BCUT2D eigenvalue weighted by molar-refractivity contribution is 5.53. The molecule has 6 rings (SSSR count). The largest absolute Gasteiger partial charge is 0.508 e. The fourth-order valence-electron chi connectivity index (χ4n) is 7.31.